The predicted octanol–water partition coefficient (Wildman–Crippen LogP) is 3.38. The lowest BCUT2D eigenvalue weighted by molar-refractivity contribution is 0.0901. The molecule has 0 aromatic heterocycles. The molecule has 1 heterocycles. The third-order valence-corrected chi connectivity index (χ3v) is 5.15. The molecule has 2 rings (SSSR count). The van der Waals surface area contributed by atoms with Crippen molar-refractivity contribution in [3.05, 3.63) is 0 Å². The van der Waals surface area contributed by atoms with Gasteiger partial charge in [0.25, 0.3) is 0 Å². The third-order valence-electron chi connectivity index (χ3n) is 5.15. The maximum absolute atomic E-state index is 3.74. The van der Waals surface area contributed by atoms with Crippen molar-refractivity contribution in [1.29, 1.82) is 0 Å². The van der Waals surface area contributed by atoms with Crippen molar-refractivity contribution in [2.24, 2.45) is 23.7 Å². The van der Waals surface area contributed by atoms with Crippen LogP contribution in [0.5, 0.6) is 0 Å². The number of nitrogens with zero attached hydrogens (tertiary/aromatic N) is 1. The minimum absolute atomic E-state index is 0.772. The smallest absolute Gasteiger partial charge is 0.0108 e. The lowest BCUT2D eigenvalue weighted by atomic mass is 9.78. The van der Waals surface area contributed by atoms with Crippen LogP contribution in [0.3, 0.4) is 0 Å². The summed E-state index contributed by atoms with van der Waals surface area (Å²) in [6.07, 6.45) is 5.66. The summed E-state index contributed by atoms with van der Waals surface area (Å²) >= 11 is 0. The highest BCUT2D eigenvalue weighted by molar-refractivity contribution is 4.87. The largest absolute Gasteiger partial charge is 0.314 e. The Bertz CT molecular complexity index is 256. The molecule has 2 heteroatoms. The molecule has 0 radical (unpaired) electrons. The maximum Gasteiger partial charge on any atom is 0.0108 e. The average Bonchev–Trinajstić information content (AvgIpc) is 2.31. The van der Waals surface area contributed by atoms with Crippen molar-refractivity contribution >= 4 is 0 Å². The summed E-state index contributed by atoms with van der Waals surface area (Å²) in [7, 11) is 0. The normalized spacial score (nSPS) is 41.4. The van der Waals surface area contributed by atoms with Gasteiger partial charge in [-0.3, -0.25) is 0 Å². The van der Waals surface area contributed by atoms with Gasteiger partial charge in [-0.25, -0.2) is 0 Å². The van der Waals surface area contributed by atoms with Crippen LogP contribution in [0.2, 0.25) is 0 Å². The van der Waals surface area contributed by atoms with Gasteiger partial charge in [-0.1, -0.05) is 27.7 Å². The molecule has 1 N–H and O–H groups in total. The first-order valence-electron chi connectivity index (χ1n) is 8.54. The van der Waals surface area contributed by atoms with Crippen LogP contribution in [0.4, 0.5) is 0 Å². The molecule has 5 unspecified atom stereocenters. The molecule has 5 atom stereocenters. The van der Waals surface area contributed by atoms with E-state index in [2.05, 4.69) is 37.9 Å². The van der Waals surface area contributed by atoms with E-state index in [1.54, 1.807) is 0 Å². The Morgan fingerprint density at radius 1 is 0.947 bits per heavy atom. The number of hydrogen-bond donors (Lipinski definition) is 1. The lowest BCUT2D eigenvalue weighted by Crippen LogP contribution is -2.48. The summed E-state index contributed by atoms with van der Waals surface area (Å²) < 4.78 is 0. The van der Waals surface area contributed by atoms with Crippen molar-refractivity contribution in [1.82, 2.24) is 10.2 Å². The molecule has 1 saturated heterocycles. The molecule has 1 aliphatic carbocycles. The first-order chi connectivity index (χ1) is 9.08. The van der Waals surface area contributed by atoms with Gasteiger partial charge in [0, 0.05) is 25.7 Å². The van der Waals surface area contributed by atoms with Crippen molar-refractivity contribution in [2.75, 3.05) is 26.2 Å². The fourth-order valence-electron chi connectivity index (χ4n) is 4.50. The van der Waals surface area contributed by atoms with E-state index in [9.17, 15) is 0 Å². The molecule has 0 aromatic carbocycles. The monoisotopic (exact) mass is 266 g/mol. The highest BCUT2D eigenvalue weighted by Crippen LogP contribution is 2.31. The summed E-state index contributed by atoms with van der Waals surface area (Å²) in [5.74, 6) is 3.59. The van der Waals surface area contributed by atoms with Crippen LogP contribution in [-0.2, 0) is 0 Å². The molecule has 0 bridgehead atoms. The van der Waals surface area contributed by atoms with Gasteiger partial charge in [0.15, 0.2) is 0 Å². The fourth-order valence-corrected chi connectivity index (χ4v) is 4.50. The van der Waals surface area contributed by atoms with Crippen LogP contribution in [0, 0.1) is 23.7 Å². The van der Waals surface area contributed by atoms with E-state index in [0.29, 0.717) is 0 Å². The highest BCUT2D eigenvalue weighted by Gasteiger charge is 2.31. The maximum atomic E-state index is 3.74. The Morgan fingerprint density at radius 2 is 1.63 bits per heavy atom. The SMILES string of the molecule is CCNC1CCC(C)CC1CN1CC(C)CC(C)C1. The van der Waals surface area contributed by atoms with Crippen LogP contribution >= 0.6 is 0 Å². The lowest BCUT2D eigenvalue weighted by Gasteiger charge is -2.42. The van der Waals surface area contributed by atoms with Crippen LogP contribution < -0.4 is 5.32 Å². The summed E-state index contributed by atoms with van der Waals surface area (Å²) in [5.41, 5.74) is 0. The van der Waals surface area contributed by atoms with Crippen molar-refractivity contribution in [2.45, 2.75) is 59.4 Å². The van der Waals surface area contributed by atoms with E-state index in [1.165, 1.54) is 45.3 Å². The molecule has 19 heavy (non-hydrogen) atoms. The zero-order valence-corrected chi connectivity index (χ0v) is 13.5. The van der Waals surface area contributed by atoms with Gasteiger partial charge in [0.2, 0.25) is 0 Å². The Labute approximate surface area is 120 Å². The Morgan fingerprint density at radius 3 is 2.26 bits per heavy atom. The highest BCUT2D eigenvalue weighted by atomic mass is 15.1. The van der Waals surface area contributed by atoms with Crippen LogP contribution in [0.25, 0.3) is 0 Å². The molecule has 0 amide bonds. The number of likely N-dealkylation sites (tertiary alicyclic amines) is 1. The van der Waals surface area contributed by atoms with Gasteiger partial charge in [-0.2, -0.15) is 0 Å². The van der Waals surface area contributed by atoms with E-state index < -0.39 is 0 Å². The zero-order chi connectivity index (χ0) is 13.8. The quantitative estimate of drug-likeness (QED) is 0.839. The first-order valence-corrected chi connectivity index (χ1v) is 8.54. The minimum atomic E-state index is 0.772. The molecular formula is C17H34N2. The molecule has 1 saturated carbocycles. The second-order valence-corrected chi connectivity index (χ2v) is 7.51. The van der Waals surface area contributed by atoms with Gasteiger partial charge in [0.1, 0.15) is 0 Å². The Balaban J connectivity index is 1.90. The van der Waals surface area contributed by atoms with E-state index in [1.807, 2.05) is 0 Å². The number of hydrogen-bond acceptors (Lipinski definition) is 2. The van der Waals surface area contributed by atoms with Crippen LogP contribution in [-0.4, -0.2) is 37.1 Å². The van der Waals surface area contributed by atoms with Crippen molar-refractivity contribution < 1.29 is 0 Å². The zero-order valence-electron chi connectivity index (χ0n) is 13.5. The van der Waals surface area contributed by atoms with Gasteiger partial charge in [-0.15, -0.1) is 0 Å². The second kappa shape index (κ2) is 7.08. The summed E-state index contributed by atoms with van der Waals surface area (Å²) in [6.45, 7) is 14.7. The van der Waals surface area contributed by atoms with E-state index in [0.717, 1.165) is 36.3 Å². The molecular weight excluding hydrogens is 232 g/mol. The number of nitrogens with one attached hydrogen (secondary N) is 1. The van der Waals surface area contributed by atoms with Crippen LogP contribution in [0.15, 0.2) is 0 Å². The van der Waals surface area contributed by atoms with E-state index in [-0.39, 0.29) is 0 Å². The van der Waals surface area contributed by atoms with Gasteiger partial charge < -0.3 is 10.2 Å². The van der Waals surface area contributed by atoms with Gasteiger partial charge >= 0.3 is 0 Å². The second-order valence-electron chi connectivity index (χ2n) is 7.51. The van der Waals surface area contributed by atoms with Gasteiger partial charge in [-0.05, 0) is 55.9 Å². The Kier molecular flexibility index (Phi) is 5.70. The summed E-state index contributed by atoms with van der Waals surface area (Å²) in [4.78, 5) is 2.76. The molecule has 112 valence electrons. The van der Waals surface area contributed by atoms with Crippen LogP contribution in [0.1, 0.15) is 53.4 Å². The molecule has 2 fully saturated rings. The van der Waals surface area contributed by atoms with Crippen molar-refractivity contribution in [3.63, 3.8) is 0 Å². The third kappa shape index (κ3) is 4.46. The standard InChI is InChI=1S/C17H34N2/c1-5-18-17-7-6-13(2)9-16(17)12-19-10-14(3)8-15(4)11-19/h13-18H,5-12H2,1-4H3. The minimum Gasteiger partial charge on any atom is -0.314 e. The predicted molar refractivity (Wildman–Crippen MR) is 83.4 cm³/mol. The average molecular weight is 266 g/mol. The summed E-state index contributed by atoms with van der Waals surface area (Å²) in [5, 5.41) is 3.74. The molecule has 1 aliphatic heterocycles. The fraction of sp³-hybridized carbons (Fsp3) is 1.00. The Hall–Kier alpha value is -0.0800. The molecule has 0 spiro atoms. The molecule has 0 aromatic rings. The molecule has 2 nitrogen and oxygen atoms in total. The topological polar surface area (TPSA) is 15.3 Å². The number of piperidine rings is 1. The van der Waals surface area contributed by atoms with E-state index in [4.69, 9.17) is 0 Å². The number of rotatable bonds is 4. The van der Waals surface area contributed by atoms with E-state index >= 15 is 0 Å². The van der Waals surface area contributed by atoms with Crippen molar-refractivity contribution in [3.8, 4) is 0 Å². The van der Waals surface area contributed by atoms with Gasteiger partial charge in [0.05, 0.1) is 0 Å². The molecule has 2 aliphatic rings. The summed E-state index contributed by atoms with van der Waals surface area (Å²) in [6, 6.07) is 0.772. The first kappa shape index (κ1) is 15.3.